The SMILES string of the molecule is O=CC12c3ccccc3C(c3ccccc31)[C@@H]1C(=O)N(c3ccccc3F)C(=O)[C@@H]12. The summed E-state index contributed by atoms with van der Waals surface area (Å²) in [6, 6.07) is 20.8. The van der Waals surface area contributed by atoms with Crippen LogP contribution in [0, 0.1) is 17.7 Å². The summed E-state index contributed by atoms with van der Waals surface area (Å²) in [5.74, 6) is -3.59. The molecule has 2 atom stereocenters. The van der Waals surface area contributed by atoms with Gasteiger partial charge in [0.2, 0.25) is 11.8 Å². The summed E-state index contributed by atoms with van der Waals surface area (Å²) >= 11 is 0. The van der Waals surface area contributed by atoms with Crippen molar-refractivity contribution in [2.75, 3.05) is 4.90 Å². The first-order chi connectivity index (χ1) is 14.6. The second-order valence-electron chi connectivity index (χ2n) is 8.11. The maximum atomic E-state index is 14.6. The van der Waals surface area contributed by atoms with Gasteiger partial charge in [-0.3, -0.25) is 9.59 Å². The van der Waals surface area contributed by atoms with E-state index in [-0.39, 0.29) is 11.6 Å². The molecular weight excluding hydrogens is 381 g/mol. The van der Waals surface area contributed by atoms with Gasteiger partial charge in [0.15, 0.2) is 0 Å². The van der Waals surface area contributed by atoms with Crippen LogP contribution in [0.1, 0.15) is 28.2 Å². The van der Waals surface area contributed by atoms with Crippen LogP contribution < -0.4 is 4.90 Å². The molecule has 3 aromatic rings. The number of benzene rings is 3. The van der Waals surface area contributed by atoms with Crippen LogP contribution in [0.4, 0.5) is 10.1 Å². The molecule has 2 amide bonds. The van der Waals surface area contributed by atoms with Crippen molar-refractivity contribution in [1.29, 1.82) is 0 Å². The predicted octanol–water partition coefficient (Wildman–Crippen LogP) is 3.58. The summed E-state index contributed by atoms with van der Waals surface area (Å²) in [5.41, 5.74) is 1.99. The molecule has 0 saturated carbocycles. The number of hydrogen-bond donors (Lipinski definition) is 0. The molecule has 2 bridgehead atoms. The Kier molecular flexibility index (Phi) is 3.30. The van der Waals surface area contributed by atoms with Gasteiger partial charge in [-0.25, -0.2) is 9.29 Å². The number of imide groups is 1. The topological polar surface area (TPSA) is 54.5 Å². The third kappa shape index (κ3) is 1.79. The van der Waals surface area contributed by atoms with Crippen molar-refractivity contribution in [3.8, 4) is 0 Å². The third-order valence-corrected chi connectivity index (χ3v) is 6.96. The van der Waals surface area contributed by atoms with Gasteiger partial charge in [-0.15, -0.1) is 0 Å². The molecule has 0 aromatic heterocycles. The molecule has 146 valence electrons. The van der Waals surface area contributed by atoms with Crippen LogP contribution in [0.25, 0.3) is 0 Å². The minimum Gasteiger partial charge on any atom is -0.302 e. The van der Waals surface area contributed by atoms with E-state index in [0.29, 0.717) is 0 Å². The molecular formula is C25H16FNO3. The molecule has 1 aliphatic heterocycles. The van der Waals surface area contributed by atoms with E-state index in [2.05, 4.69) is 0 Å². The van der Waals surface area contributed by atoms with E-state index in [1.807, 2.05) is 48.5 Å². The number of carbonyl (C=O) groups excluding carboxylic acids is 3. The molecule has 7 rings (SSSR count). The van der Waals surface area contributed by atoms with Crippen LogP contribution in [-0.2, 0) is 19.8 Å². The highest BCUT2D eigenvalue weighted by atomic mass is 19.1. The highest BCUT2D eigenvalue weighted by Crippen LogP contribution is 2.63. The smallest absolute Gasteiger partial charge is 0.239 e. The van der Waals surface area contributed by atoms with Crippen molar-refractivity contribution < 1.29 is 18.8 Å². The molecule has 4 nitrogen and oxygen atoms in total. The number of hydrogen-bond acceptors (Lipinski definition) is 3. The van der Waals surface area contributed by atoms with Gasteiger partial charge in [-0.05, 0) is 34.4 Å². The molecule has 4 aliphatic rings. The lowest BCUT2D eigenvalue weighted by Gasteiger charge is -2.51. The van der Waals surface area contributed by atoms with Crippen molar-refractivity contribution in [2.24, 2.45) is 11.8 Å². The average Bonchev–Trinajstić information content (AvgIpc) is 3.05. The van der Waals surface area contributed by atoms with E-state index in [1.165, 1.54) is 18.2 Å². The predicted molar refractivity (Wildman–Crippen MR) is 107 cm³/mol. The summed E-state index contributed by atoms with van der Waals surface area (Å²) in [7, 11) is 0. The van der Waals surface area contributed by atoms with Crippen LogP contribution in [0.2, 0.25) is 0 Å². The molecule has 1 heterocycles. The first-order valence-electron chi connectivity index (χ1n) is 9.88. The highest BCUT2D eigenvalue weighted by molar-refractivity contribution is 6.24. The summed E-state index contributed by atoms with van der Waals surface area (Å²) in [5, 5.41) is 0. The Labute approximate surface area is 171 Å². The molecule has 3 aromatic carbocycles. The zero-order valence-electron chi connectivity index (χ0n) is 15.8. The van der Waals surface area contributed by atoms with Gasteiger partial charge in [0.1, 0.15) is 12.1 Å². The largest absolute Gasteiger partial charge is 0.302 e. The van der Waals surface area contributed by atoms with Gasteiger partial charge in [0.25, 0.3) is 0 Å². The number of halogens is 1. The van der Waals surface area contributed by atoms with Gasteiger partial charge >= 0.3 is 0 Å². The molecule has 5 heteroatoms. The first-order valence-corrected chi connectivity index (χ1v) is 9.88. The van der Waals surface area contributed by atoms with Crippen molar-refractivity contribution in [3.63, 3.8) is 0 Å². The molecule has 0 N–H and O–H groups in total. The van der Waals surface area contributed by atoms with E-state index in [9.17, 15) is 18.8 Å². The van der Waals surface area contributed by atoms with Gasteiger partial charge < -0.3 is 4.79 Å². The van der Waals surface area contributed by atoms with E-state index in [1.54, 1.807) is 6.07 Å². The number of anilines is 1. The van der Waals surface area contributed by atoms with E-state index < -0.39 is 34.9 Å². The second kappa shape index (κ2) is 5.72. The fourth-order valence-corrected chi connectivity index (χ4v) is 5.90. The van der Waals surface area contributed by atoms with E-state index in [0.717, 1.165) is 33.4 Å². The summed E-state index contributed by atoms with van der Waals surface area (Å²) in [6.45, 7) is 0. The monoisotopic (exact) mass is 397 g/mol. The van der Waals surface area contributed by atoms with E-state index in [4.69, 9.17) is 0 Å². The summed E-state index contributed by atoms with van der Waals surface area (Å²) < 4.78 is 14.6. The number of rotatable bonds is 2. The Hall–Kier alpha value is -3.60. The molecule has 0 unspecified atom stereocenters. The number of carbonyl (C=O) groups is 3. The van der Waals surface area contributed by atoms with Crippen molar-refractivity contribution in [1.82, 2.24) is 0 Å². The van der Waals surface area contributed by atoms with Crippen molar-refractivity contribution in [3.05, 3.63) is 101 Å². The van der Waals surface area contributed by atoms with Crippen LogP contribution in [0.3, 0.4) is 0 Å². The Morgan fingerprint density at radius 1 is 0.800 bits per heavy atom. The minimum atomic E-state index is -1.26. The fraction of sp³-hybridized carbons (Fsp3) is 0.160. The molecule has 3 aliphatic carbocycles. The number of amides is 2. The van der Waals surface area contributed by atoms with Gasteiger partial charge in [-0.2, -0.15) is 0 Å². The maximum Gasteiger partial charge on any atom is 0.239 e. The number of para-hydroxylation sites is 1. The summed E-state index contributed by atoms with van der Waals surface area (Å²) in [4.78, 5) is 41.0. The molecule has 1 saturated heterocycles. The molecule has 0 spiro atoms. The Morgan fingerprint density at radius 2 is 1.37 bits per heavy atom. The Balaban J connectivity index is 1.67. The van der Waals surface area contributed by atoms with Crippen molar-refractivity contribution >= 4 is 23.8 Å². The normalized spacial score (nSPS) is 28.2. The van der Waals surface area contributed by atoms with Crippen LogP contribution in [0.5, 0.6) is 0 Å². The minimum absolute atomic E-state index is 0.0598. The zero-order valence-corrected chi connectivity index (χ0v) is 15.8. The van der Waals surface area contributed by atoms with Gasteiger partial charge in [0, 0.05) is 5.92 Å². The quantitative estimate of drug-likeness (QED) is 0.491. The maximum absolute atomic E-state index is 14.6. The molecule has 0 radical (unpaired) electrons. The van der Waals surface area contributed by atoms with E-state index >= 15 is 0 Å². The molecule has 30 heavy (non-hydrogen) atoms. The highest BCUT2D eigenvalue weighted by Gasteiger charge is 2.68. The van der Waals surface area contributed by atoms with Crippen LogP contribution in [0.15, 0.2) is 72.8 Å². The third-order valence-electron chi connectivity index (χ3n) is 6.96. The molecule has 1 fully saturated rings. The summed E-state index contributed by atoms with van der Waals surface area (Å²) in [6.07, 6.45) is 0.813. The number of nitrogens with zero attached hydrogens (tertiary/aromatic N) is 1. The lowest BCUT2D eigenvalue weighted by atomic mass is 9.48. The Bertz CT molecular complexity index is 1220. The van der Waals surface area contributed by atoms with Crippen LogP contribution in [-0.4, -0.2) is 18.1 Å². The lowest BCUT2D eigenvalue weighted by Crippen LogP contribution is -2.54. The fourth-order valence-electron chi connectivity index (χ4n) is 5.90. The average molecular weight is 397 g/mol. The lowest BCUT2D eigenvalue weighted by molar-refractivity contribution is -0.128. The standard InChI is InChI=1S/C25H16FNO3/c26-18-11-5-6-12-19(18)27-23(29)21-20-14-7-1-3-9-16(14)25(13-28,22(21)24(27)30)17-10-4-2-8-15(17)20/h1-13,20-22H/t20?,21-,22+,25?/m0/s1. The number of aldehydes is 1. The first kappa shape index (κ1) is 17.3. The second-order valence-corrected chi connectivity index (χ2v) is 8.11. The van der Waals surface area contributed by atoms with Gasteiger partial charge in [-0.1, -0.05) is 60.7 Å². The van der Waals surface area contributed by atoms with Crippen LogP contribution >= 0.6 is 0 Å². The Morgan fingerprint density at radius 3 is 1.97 bits per heavy atom. The van der Waals surface area contributed by atoms with Crippen molar-refractivity contribution in [2.45, 2.75) is 11.3 Å². The van der Waals surface area contributed by atoms with Gasteiger partial charge in [0.05, 0.1) is 22.9 Å². The zero-order chi connectivity index (χ0) is 20.6.